The van der Waals surface area contributed by atoms with Crippen LogP contribution in [-0.4, -0.2) is 40.2 Å². The van der Waals surface area contributed by atoms with Gasteiger partial charge in [-0.05, 0) is 61.4 Å². The van der Waals surface area contributed by atoms with Crippen LogP contribution in [0, 0.1) is 24.8 Å². The molecule has 0 radical (unpaired) electrons. The lowest BCUT2D eigenvalue weighted by Crippen LogP contribution is -2.51. The van der Waals surface area contributed by atoms with Crippen LogP contribution in [-0.2, 0) is 14.3 Å². The summed E-state index contributed by atoms with van der Waals surface area (Å²) in [5.74, 6) is 1.19. The largest absolute Gasteiger partial charge is 0.444 e. The van der Waals surface area contributed by atoms with Crippen LogP contribution >= 0.6 is 12.6 Å². The highest BCUT2D eigenvalue weighted by Gasteiger charge is 2.35. The number of fused-ring (bicyclic) bond motifs is 1. The van der Waals surface area contributed by atoms with Crippen molar-refractivity contribution >= 4 is 47.0 Å². The zero-order valence-corrected chi connectivity index (χ0v) is 22.3. The van der Waals surface area contributed by atoms with E-state index < -0.39 is 35.6 Å². The smallest absolute Gasteiger partial charge is 0.408 e. The number of hydrogen-bond acceptors (Lipinski definition) is 5. The number of carbonyl (C=O) groups excluding carboxylic acids is 3. The van der Waals surface area contributed by atoms with Gasteiger partial charge in [0, 0.05) is 23.0 Å². The molecule has 194 valence electrons. The fourth-order valence-electron chi connectivity index (χ4n) is 3.73. The second kappa shape index (κ2) is 12.2. The molecule has 7 nitrogen and oxygen atoms in total. The van der Waals surface area contributed by atoms with Gasteiger partial charge >= 0.3 is 6.09 Å². The van der Waals surface area contributed by atoms with Crippen LogP contribution in [0.25, 0.3) is 10.8 Å². The van der Waals surface area contributed by atoms with Gasteiger partial charge in [-0.15, -0.1) is 6.42 Å². The van der Waals surface area contributed by atoms with Gasteiger partial charge in [-0.2, -0.15) is 12.6 Å². The van der Waals surface area contributed by atoms with Gasteiger partial charge in [0.2, 0.25) is 0 Å². The molecule has 3 amide bonds. The van der Waals surface area contributed by atoms with Gasteiger partial charge in [0.05, 0.1) is 0 Å². The summed E-state index contributed by atoms with van der Waals surface area (Å²) in [6.45, 7) is 5.10. The topological polar surface area (TPSA) is 87.7 Å². The van der Waals surface area contributed by atoms with E-state index in [-0.39, 0.29) is 5.75 Å². The molecule has 0 saturated carbocycles. The van der Waals surface area contributed by atoms with Gasteiger partial charge in [-0.25, -0.2) is 4.79 Å². The first-order chi connectivity index (χ1) is 18.1. The minimum absolute atomic E-state index is 0.0781. The summed E-state index contributed by atoms with van der Waals surface area (Å²) >= 11 is 4.21. The van der Waals surface area contributed by atoms with Crippen molar-refractivity contribution in [2.75, 3.05) is 11.1 Å². The maximum absolute atomic E-state index is 13.7. The SMILES string of the molecule is C#Cc1ccc(C(C(=O)Nc2ccc3ccccc3c2)N(C#C)C(=O)C(CS)NC(=O)OC(C)(C)C)cc1. The van der Waals surface area contributed by atoms with Gasteiger partial charge in [0.15, 0.2) is 0 Å². The Morgan fingerprint density at radius 3 is 2.24 bits per heavy atom. The van der Waals surface area contributed by atoms with E-state index in [0.29, 0.717) is 16.8 Å². The van der Waals surface area contributed by atoms with Gasteiger partial charge in [-0.1, -0.05) is 54.8 Å². The number of nitrogens with one attached hydrogen (secondary N) is 2. The molecule has 0 fully saturated rings. The van der Waals surface area contributed by atoms with Crippen LogP contribution in [0.4, 0.5) is 10.5 Å². The van der Waals surface area contributed by atoms with Crippen molar-refractivity contribution < 1.29 is 19.1 Å². The Labute approximate surface area is 228 Å². The highest BCUT2D eigenvalue weighted by Crippen LogP contribution is 2.26. The molecule has 0 spiro atoms. The van der Waals surface area contributed by atoms with Crippen molar-refractivity contribution in [1.29, 1.82) is 0 Å². The molecule has 0 aliphatic heterocycles. The minimum Gasteiger partial charge on any atom is -0.444 e. The summed E-state index contributed by atoms with van der Waals surface area (Å²) in [7, 11) is 0. The Balaban J connectivity index is 1.95. The first kappa shape index (κ1) is 28.2. The number of carbonyl (C=O) groups is 3. The molecule has 3 rings (SSSR count). The normalized spacial score (nSPS) is 12.4. The maximum Gasteiger partial charge on any atom is 0.408 e. The first-order valence-corrected chi connectivity index (χ1v) is 12.5. The molecule has 0 aromatic heterocycles. The molecule has 0 bridgehead atoms. The number of benzene rings is 3. The fourth-order valence-corrected chi connectivity index (χ4v) is 3.97. The summed E-state index contributed by atoms with van der Waals surface area (Å²) in [4.78, 5) is 40.5. The highest BCUT2D eigenvalue weighted by molar-refractivity contribution is 7.80. The van der Waals surface area contributed by atoms with Crippen molar-refractivity contribution in [3.05, 3.63) is 77.9 Å². The summed E-state index contributed by atoms with van der Waals surface area (Å²) in [6, 6.07) is 19.7. The van der Waals surface area contributed by atoms with E-state index in [1.807, 2.05) is 36.4 Å². The number of amides is 3. The number of hydrogen-bond donors (Lipinski definition) is 3. The van der Waals surface area contributed by atoms with E-state index in [0.717, 1.165) is 15.7 Å². The predicted octanol–water partition coefficient (Wildman–Crippen LogP) is 4.74. The van der Waals surface area contributed by atoms with Gasteiger partial charge in [0.1, 0.15) is 17.7 Å². The second-order valence-electron chi connectivity index (χ2n) is 9.44. The summed E-state index contributed by atoms with van der Waals surface area (Å²) in [5.41, 5.74) is 0.784. The molecule has 2 N–H and O–H groups in total. The molecule has 3 aromatic carbocycles. The molecule has 2 atom stereocenters. The van der Waals surface area contributed by atoms with E-state index in [4.69, 9.17) is 17.6 Å². The molecular weight excluding hydrogens is 498 g/mol. The van der Waals surface area contributed by atoms with Crippen molar-refractivity contribution in [2.24, 2.45) is 0 Å². The van der Waals surface area contributed by atoms with E-state index in [9.17, 15) is 14.4 Å². The highest BCUT2D eigenvalue weighted by atomic mass is 32.1. The molecule has 8 heteroatoms. The fraction of sp³-hybridized carbons (Fsp3) is 0.233. The molecule has 0 saturated heterocycles. The number of thiol groups is 1. The zero-order valence-electron chi connectivity index (χ0n) is 21.4. The predicted molar refractivity (Wildman–Crippen MR) is 152 cm³/mol. The van der Waals surface area contributed by atoms with Crippen LogP contribution in [0.3, 0.4) is 0 Å². The number of nitrogens with zero attached hydrogens (tertiary/aromatic N) is 1. The third-order valence-corrected chi connectivity index (χ3v) is 5.83. The molecule has 3 aromatic rings. The summed E-state index contributed by atoms with van der Waals surface area (Å²) in [6.07, 6.45) is 10.4. The number of terminal acetylenes is 2. The van der Waals surface area contributed by atoms with E-state index in [2.05, 4.69) is 35.2 Å². The van der Waals surface area contributed by atoms with Gasteiger partial charge < -0.3 is 15.4 Å². The zero-order chi connectivity index (χ0) is 27.9. The average Bonchev–Trinajstić information content (AvgIpc) is 2.89. The van der Waals surface area contributed by atoms with E-state index >= 15 is 0 Å². The van der Waals surface area contributed by atoms with Crippen molar-refractivity contribution in [2.45, 2.75) is 38.5 Å². The molecule has 0 aliphatic rings. The van der Waals surface area contributed by atoms with Crippen molar-refractivity contribution in [3.8, 4) is 24.8 Å². The average molecular weight is 528 g/mol. The van der Waals surface area contributed by atoms with Crippen LogP contribution in [0.2, 0.25) is 0 Å². The number of ether oxygens (including phenoxy) is 1. The van der Waals surface area contributed by atoms with E-state index in [1.165, 1.54) is 0 Å². The summed E-state index contributed by atoms with van der Waals surface area (Å²) in [5, 5.41) is 7.29. The lowest BCUT2D eigenvalue weighted by Gasteiger charge is -2.30. The van der Waals surface area contributed by atoms with Crippen LogP contribution in [0.15, 0.2) is 66.7 Å². The second-order valence-corrected chi connectivity index (χ2v) is 9.80. The Bertz CT molecular complexity index is 1410. The number of alkyl carbamates (subject to hydrolysis) is 1. The van der Waals surface area contributed by atoms with Crippen molar-refractivity contribution in [1.82, 2.24) is 10.2 Å². The Morgan fingerprint density at radius 2 is 1.66 bits per heavy atom. The van der Waals surface area contributed by atoms with Crippen molar-refractivity contribution in [3.63, 3.8) is 0 Å². The number of rotatable bonds is 7. The summed E-state index contributed by atoms with van der Waals surface area (Å²) < 4.78 is 5.26. The van der Waals surface area contributed by atoms with Crippen LogP contribution in [0.5, 0.6) is 0 Å². The lowest BCUT2D eigenvalue weighted by molar-refractivity contribution is -0.136. The third kappa shape index (κ3) is 7.09. The molecule has 0 heterocycles. The van der Waals surface area contributed by atoms with Gasteiger partial charge in [-0.3, -0.25) is 14.5 Å². The lowest BCUT2D eigenvalue weighted by atomic mass is 10.0. The first-order valence-electron chi connectivity index (χ1n) is 11.8. The third-order valence-electron chi connectivity index (χ3n) is 5.46. The van der Waals surface area contributed by atoms with E-state index in [1.54, 1.807) is 51.1 Å². The Hall–Kier alpha value is -4.40. The minimum atomic E-state index is -1.23. The molecule has 0 aliphatic carbocycles. The monoisotopic (exact) mass is 527 g/mol. The van der Waals surface area contributed by atoms with Crippen LogP contribution in [0.1, 0.15) is 37.9 Å². The molecule has 2 unspecified atom stereocenters. The number of anilines is 1. The molecular formula is C30H29N3O4S. The standard InChI is InChI=1S/C30H29N3O4S/c1-6-20-12-14-22(15-13-20)26(27(34)31-24-17-16-21-10-8-9-11-23(21)18-24)33(7-2)28(35)25(19-38)32-29(36)37-30(3,4)5/h1-2,8-18,25-26,38H,19H2,3-5H3,(H,31,34)(H,32,36). The Morgan fingerprint density at radius 1 is 1.00 bits per heavy atom. The van der Waals surface area contributed by atoms with Crippen LogP contribution < -0.4 is 10.6 Å². The maximum atomic E-state index is 13.7. The molecule has 38 heavy (non-hydrogen) atoms. The quantitative estimate of drug-likeness (QED) is 0.235. The van der Waals surface area contributed by atoms with Gasteiger partial charge in [0.25, 0.3) is 11.8 Å². The Kier molecular flexibility index (Phi) is 9.07.